The van der Waals surface area contributed by atoms with Crippen LogP contribution < -0.4 is 14.4 Å². The Labute approximate surface area is 188 Å². The number of nitrogens with zero attached hydrogens (tertiary/aromatic N) is 1. The van der Waals surface area contributed by atoms with Gasteiger partial charge in [0.05, 0.1) is 37.1 Å². The molecule has 1 N–H and O–H groups in total. The largest absolute Gasteiger partial charge is 0.507 e. The van der Waals surface area contributed by atoms with Crippen molar-refractivity contribution in [3.63, 3.8) is 0 Å². The third-order valence-electron chi connectivity index (χ3n) is 5.39. The first-order valence-corrected chi connectivity index (χ1v) is 9.90. The molecule has 0 aromatic heterocycles. The van der Waals surface area contributed by atoms with E-state index in [2.05, 4.69) is 0 Å². The third-order valence-corrected chi connectivity index (χ3v) is 5.39. The van der Waals surface area contributed by atoms with Gasteiger partial charge in [-0.2, -0.15) is 0 Å². The fourth-order valence-electron chi connectivity index (χ4n) is 3.85. The van der Waals surface area contributed by atoms with Crippen molar-refractivity contribution < 1.29 is 33.0 Å². The molecule has 1 unspecified atom stereocenters. The van der Waals surface area contributed by atoms with Crippen molar-refractivity contribution in [3.8, 4) is 11.5 Å². The molecule has 0 saturated carbocycles. The Morgan fingerprint density at radius 2 is 1.67 bits per heavy atom. The van der Waals surface area contributed by atoms with Crippen LogP contribution in [0.15, 0.2) is 72.3 Å². The van der Waals surface area contributed by atoms with E-state index in [-0.39, 0.29) is 22.6 Å². The van der Waals surface area contributed by atoms with E-state index in [0.717, 1.165) is 17.0 Å². The van der Waals surface area contributed by atoms with Crippen LogP contribution >= 0.6 is 0 Å². The first-order chi connectivity index (χ1) is 15.9. The summed E-state index contributed by atoms with van der Waals surface area (Å²) in [7, 11) is 2.85. The summed E-state index contributed by atoms with van der Waals surface area (Å²) in [4.78, 5) is 27.1. The number of ether oxygens (including phenoxy) is 2. The zero-order chi connectivity index (χ0) is 23.7. The molecule has 1 aliphatic heterocycles. The summed E-state index contributed by atoms with van der Waals surface area (Å²) in [5.74, 6) is -3.74. The van der Waals surface area contributed by atoms with Gasteiger partial charge in [0.2, 0.25) is 0 Å². The summed E-state index contributed by atoms with van der Waals surface area (Å²) < 4.78 is 38.7. The summed E-state index contributed by atoms with van der Waals surface area (Å²) in [5.41, 5.74) is 0.0674. The average molecular weight is 451 g/mol. The third kappa shape index (κ3) is 3.80. The van der Waals surface area contributed by atoms with Gasteiger partial charge >= 0.3 is 0 Å². The SMILES string of the molecule is COc1ccc(/C(O)=C2/C(=O)C(=O)N(c3ccc(F)cc3F)C2c2ccccc2)c(OC)c1. The number of hydrogen-bond donors (Lipinski definition) is 1. The number of amides is 1. The molecule has 1 atom stereocenters. The van der Waals surface area contributed by atoms with Crippen molar-refractivity contribution in [1.82, 2.24) is 0 Å². The monoisotopic (exact) mass is 451 g/mol. The van der Waals surface area contributed by atoms with E-state index in [1.165, 1.54) is 26.4 Å². The molecule has 0 aliphatic carbocycles. The van der Waals surface area contributed by atoms with Crippen molar-refractivity contribution in [2.45, 2.75) is 6.04 Å². The second-order valence-corrected chi connectivity index (χ2v) is 7.24. The maximum absolute atomic E-state index is 14.7. The van der Waals surface area contributed by atoms with Gasteiger partial charge in [-0.05, 0) is 29.8 Å². The molecule has 8 heteroatoms. The van der Waals surface area contributed by atoms with Crippen molar-refractivity contribution in [2.75, 3.05) is 19.1 Å². The number of methoxy groups -OCH3 is 2. The highest BCUT2D eigenvalue weighted by atomic mass is 19.1. The van der Waals surface area contributed by atoms with Gasteiger partial charge in [0.25, 0.3) is 11.7 Å². The minimum Gasteiger partial charge on any atom is -0.507 e. The zero-order valence-corrected chi connectivity index (χ0v) is 17.7. The fourth-order valence-corrected chi connectivity index (χ4v) is 3.85. The molecule has 3 aromatic rings. The van der Waals surface area contributed by atoms with Crippen LogP contribution in [0, 0.1) is 11.6 Å². The number of halogens is 2. The molecule has 168 valence electrons. The Bertz CT molecular complexity index is 1270. The van der Waals surface area contributed by atoms with Crippen LogP contribution in [0.5, 0.6) is 11.5 Å². The Balaban J connectivity index is 1.97. The highest BCUT2D eigenvalue weighted by molar-refractivity contribution is 6.51. The zero-order valence-electron chi connectivity index (χ0n) is 17.7. The highest BCUT2D eigenvalue weighted by Gasteiger charge is 2.48. The summed E-state index contributed by atoms with van der Waals surface area (Å²) >= 11 is 0. The molecular weight excluding hydrogens is 432 g/mol. The van der Waals surface area contributed by atoms with Crippen LogP contribution in [0.25, 0.3) is 5.76 Å². The molecule has 1 fully saturated rings. The molecular formula is C25H19F2NO5. The van der Waals surface area contributed by atoms with Crippen molar-refractivity contribution in [1.29, 1.82) is 0 Å². The van der Waals surface area contributed by atoms with Gasteiger partial charge in [-0.25, -0.2) is 8.78 Å². The van der Waals surface area contributed by atoms with Gasteiger partial charge in [0, 0.05) is 12.1 Å². The van der Waals surface area contributed by atoms with E-state index >= 15 is 0 Å². The summed E-state index contributed by atoms with van der Waals surface area (Å²) in [6.45, 7) is 0. The second kappa shape index (κ2) is 8.74. The van der Waals surface area contributed by atoms with Gasteiger partial charge in [-0.3, -0.25) is 14.5 Å². The summed E-state index contributed by atoms with van der Waals surface area (Å²) in [6, 6.07) is 14.5. The Kier molecular flexibility index (Phi) is 5.83. The number of ketones is 1. The van der Waals surface area contributed by atoms with Crippen molar-refractivity contribution in [3.05, 3.63) is 95.1 Å². The smallest absolute Gasteiger partial charge is 0.300 e. The lowest BCUT2D eigenvalue weighted by Crippen LogP contribution is -2.30. The number of hydrogen-bond acceptors (Lipinski definition) is 5. The predicted molar refractivity (Wildman–Crippen MR) is 117 cm³/mol. The molecule has 6 nitrogen and oxygen atoms in total. The van der Waals surface area contributed by atoms with Crippen LogP contribution in [0.2, 0.25) is 0 Å². The normalized spacial score (nSPS) is 17.3. The Morgan fingerprint density at radius 3 is 2.30 bits per heavy atom. The number of aliphatic hydroxyl groups is 1. The molecule has 33 heavy (non-hydrogen) atoms. The minimum atomic E-state index is -1.15. The maximum atomic E-state index is 14.7. The lowest BCUT2D eigenvalue weighted by molar-refractivity contribution is -0.132. The Hall–Kier alpha value is -4.20. The van der Waals surface area contributed by atoms with Gasteiger partial charge in [0.15, 0.2) is 0 Å². The molecule has 0 bridgehead atoms. The fraction of sp³-hybridized carbons (Fsp3) is 0.120. The molecule has 3 aromatic carbocycles. The number of Topliss-reactive ketones (excluding diaryl/α,β-unsaturated/α-hetero) is 1. The average Bonchev–Trinajstić information content (AvgIpc) is 3.09. The number of anilines is 1. The van der Waals surface area contributed by atoms with Gasteiger partial charge in [-0.15, -0.1) is 0 Å². The van der Waals surface area contributed by atoms with Crippen LogP contribution in [-0.2, 0) is 9.59 Å². The summed E-state index contributed by atoms with van der Waals surface area (Å²) in [6.07, 6.45) is 0. The van der Waals surface area contributed by atoms with Crippen molar-refractivity contribution in [2.24, 2.45) is 0 Å². The second-order valence-electron chi connectivity index (χ2n) is 7.24. The molecule has 1 aliphatic rings. The van der Waals surface area contributed by atoms with Crippen LogP contribution in [0.1, 0.15) is 17.2 Å². The number of rotatable bonds is 5. The molecule has 1 saturated heterocycles. The molecule has 4 rings (SSSR count). The number of benzene rings is 3. The topological polar surface area (TPSA) is 76.1 Å². The van der Waals surface area contributed by atoms with E-state index in [1.54, 1.807) is 36.4 Å². The first-order valence-electron chi connectivity index (χ1n) is 9.90. The van der Waals surface area contributed by atoms with Gasteiger partial charge in [-0.1, -0.05) is 30.3 Å². The Morgan fingerprint density at radius 1 is 0.939 bits per heavy atom. The van der Waals surface area contributed by atoms with E-state index in [9.17, 15) is 23.5 Å². The molecule has 1 amide bonds. The van der Waals surface area contributed by atoms with E-state index in [1.807, 2.05) is 0 Å². The van der Waals surface area contributed by atoms with E-state index in [0.29, 0.717) is 17.4 Å². The highest BCUT2D eigenvalue weighted by Crippen LogP contribution is 2.44. The van der Waals surface area contributed by atoms with Crippen LogP contribution in [-0.4, -0.2) is 31.0 Å². The standard InChI is InChI=1S/C25H19F2NO5/c1-32-16-9-10-17(20(13-16)33-2)23(29)21-22(14-6-4-3-5-7-14)28(25(31)24(21)30)19-11-8-15(26)12-18(19)27/h3-13,22,29H,1-2H3/b23-21-. The first kappa shape index (κ1) is 22.0. The summed E-state index contributed by atoms with van der Waals surface area (Å²) in [5, 5.41) is 11.2. The number of aliphatic hydroxyl groups excluding tert-OH is 1. The predicted octanol–water partition coefficient (Wildman–Crippen LogP) is 4.61. The minimum absolute atomic E-state index is 0.150. The van der Waals surface area contributed by atoms with E-state index < -0.39 is 35.1 Å². The van der Waals surface area contributed by atoms with Gasteiger partial charge in [0.1, 0.15) is 28.9 Å². The molecule has 0 radical (unpaired) electrons. The lowest BCUT2D eigenvalue weighted by Gasteiger charge is -2.26. The van der Waals surface area contributed by atoms with Crippen molar-refractivity contribution >= 4 is 23.1 Å². The van der Waals surface area contributed by atoms with Crippen LogP contribution in [0.4, 0.5) is 14.5 Å². The van der Waals surface area contributed by atoms with Gasteiger partial charge < -0.3 is 14.6 Å². The lowest BCUT2D eigenvalue weighted by atomic mass is 9.95. The van der Waals surface area contributed by atoms with Crippen LogP contribution in [0.3, 0.4) is 0 Å². The quantitative estimate of drug-likeness (QED) is 0.348. The maximum Gasteiger partial charge on any atom is 0.300 e. The number of carbonyl (C=O) groups is 2. The molecule has 0 spiro atoms. The molecule has 1 heterocycles. The number of carbonyl (C=O) groups excluding carboxylic acids is 2. The van der Waals surface area contributed by atoms with E-state index in [4.69, 9.17) is 9.47 Å².